The molecular formula is C18H27NO2. The molecule has 0 aromatic heterocycles. The van der Waals surface area contributed by atoms with Crippen LogP contribution in [0.4, 0.5) is 0 Å². The molecule has 116 valence electrons. The number of aryl methyl sites for hydroxylation is 1. The highest BCUT2D eigenvalue weighted by atomic mass is 16.3. The number of hydrogen-bond acceptors (Lipinski definition) is 2. The highest BCUT2D eigenvalue weighted by Gasteiger charge is 2.25. The van der Waals surface area contributed by atoms with E-state index in [9.17, 15) is 4.79 Å². The van der Waals surface area contributed by atoms with Crippen LogP contribution >= 0.6 is 0 Å². The lowest BCUT2D eigenvalue weighted by Crippen LogP contribution is -2.29. The van der Waals surface area contributed by atoms with Crippen molar-refractivity contribution in [1.29, 1.82) is 0 Å². The highest BCUT2D eigenvalue weighted by molar-refractivity contribution is 5.76. The van der Waals surface area contributed by atoms with Gasteiger partial charge in [0.2, 0.25) is 5.91 Å². The van der Waals surface area contributed by atoms with E-state index >= 15 is 0 Å². The van der Waals surface area contributed by atoms with Gasteiger partial charge in [-0.2, -0.15) is 0 Å². The first-order valence-electron chi connectivity index (χ1n) is 7.88. The monoisotopic (exact) mass is 289 g/mol. The molecule has 1 N–H and O–H groups in total. The van der Waals surface area contributed by atoms with Crippen LogP contribution in [0.2, 0.25) is 0 Å². The maximum Gasteiger partial charge on any atom is 0.222 e. The van der Waals surface area contributed by atoms with E-state index < -0.39 is 0 Å². The van der Waals surface area contributed by atoms with Crippen molar-refractivity contribution in [2.24, 2.45) is 5.92 Å². The van der Waals surface area contributed by atoms with Crippen LogP contribution in [-0.4, -0.2) is 35.6 Å². The van der Waals surface area contributed by atoms with E-state index in [2.05, 4.69) is 45.0 Å². The molecule has 0 radical (unpaired) electrons. The number of carbonyl (C=O) groups is 1. The number of aliphatic hydroxyl groups is 1. The van der Waals surface area contributed by atoms with Crippen molar-refractivity contribution in [3.05, 3.63) is 35.4 Å². The molecule has 1 aromatic rings. The van der Waals surface area contributed by atoms with Crippen molar-refractivity contribution in [2.75, 3.05) is 19.7 Å². The Morgan fingerprint density at radius 3 is 2.48 bits per heavy atom. The molecule has 1 atom stereocenters. The Morgan fingerprint density at radius 1 is 1.29 bits per heavy atom. The fourth-order valence-corrected chi connectivity index (χ4v) is 2.79. The van der Waals surface area contributed by atoms with Gasteiger partial charge >= 0.3 is 0 Å². The van der Waals surface area contributed by atoms with Gasteiger partial charge in [0.15, 0.2) is 0 Å². The number of aliphatic hydroxyl groups excluding tert-OH is 1. The molecule has 21 heavy (non-hydrogen) atoms. The molecule has 1 saturated heterocycles. The van der Waals surface area contributed by atoms with E-state index in [-0.39, 0.29) is 23.8 Å². The quantitative estimate of drug-likeness (QED) is 0.926. The van der Waals surface area contributed by atoms with Crippen molar-refractivity contribution >= 4 is 5.91 Å². The molecule has 3 nitrogen and oxygen atoms in total. The normalized spacial score (nSPS) is 19.0. The third kappa shape index (κ3) is 4.31. The van der Waals surface area contributed by atoms with E-state index in [1.807, 2.05) is 4.90 Å². The minimum Gasteiger partial charge on any atom is -0.396 e. The molecule has 0 aliphatic carbocycles. The van der Waals surface area contributed by atoms with E-state index in [0.717, 1.165) is 25.9 Å². The van der Waals surface area contributed by atoms with Gasteiger partial charge in [-0.1, -0.05) is 45.0 Å². The molecular weight excluding hydrogens is 262 g/mol. The van der Waals surface area contributed by atoms with Crippen LogP contribution in [0.25, 0.3) is 0 Å². The predicted octanol–water partition coefficient (Wildman–Crippen LogP) is 2.76. The second-order valence-electron chi connectivity index (χ2n) is 7.12. The number of nitrogens with zero attached hydrogens (tertiary/aromatic N) is 1. The van der Waals surface area contributed by atoms with Crippen molar-refractivity contribution < 1.29 is 9.90 Å². The average molecular weight is 289 g/mol. The summed E-state index contributed by atoms with van der Waals surface area (Å²) in [4.78, 5) is 14.0. The van der Waals surface area contributed by atoms with Gasteiger partial charge in [0, 0.05) is 32.0 Å². The fraction of sp³-hybridized carbons (Fsp3) is 0.611. The summed E-state index contributed by atoms with van der Waals surface area (Å²) in [7, 11) is 0. The molecule has 1 unspecified atom stereocenters. The van der Waals surface area contributed by atoms with Gasteiger partial charge in [-0.05, 0) is 29.4 Å². The summed E-state index contributed by atoms with van der Waals surface area (Å²) in [5.74, 6) is 0.492. The maximum atomic E-state index is 12.2. The Bertz CT molecular complexity index is 473. The molecule has 1 fully saturated rings. The first kappa shape index (κ1) is 16.0. The van der Waals surface area contributed by atoms with E-state index in [1.54, 1.807) is 0 Å². The Hall–Kier alpha value is -1.35. The Kier molecular flexibility index (Phi) is 5.04. The first-order valence-corrected chi connectivity index (χ1v) is 7.88. The van der Waals surface area contributed by atoms with E-state index in [0.29, 0.717) is 6.42 Å². The van der Waals surface area contributed by atoms with Crippen LogP contribution < -0.4 is 0 Å². The second kappa shape index (κ2) is 6.61. The largest absolute Gasteiger partial charge is 0.396 e. The summed E-state index contributed by atoms with van der Waals surface area (Å²) < 4.78 is 0. The van der Waals surface area contributed by atoms with Crippen LogP contribution in [0.15, 0.2) is 24.3 Å². The number of amides is 1. The predicted molar refractivity (Wildman–Crippen MR) is 85.2 cm³/mol. The number of likely N-dealkylation sites (tertiary alicyclic amines) is 1. The van der Waals surface area contributed by atoms with Crippen LogP contribution in [0, 0.1) is 5.92 Å². The summed E-state index contributed by atoms with van der Waals surface area (Å²) >= 11 is 0. The second-order valence-corrected chi connectivity index (χ2v) is 7.12. The smallest absolute Gasteiger partial charge is 0.222 e. The number of benzene rings is 1. The summed E-state index contributed by atoms with van der Waals surface area (Å²) in [6.07, 6.45) is 2.29. The topological polar surface area (TPSA) is 40.5 Å². The third-order valence-electron chi connectivity index (χ3n) is 4.34. The van der Waals surface area contributed by atoms with Crippen LogP contribution in [0.1, 0.15) is 44.7 Å². The van der Waals surface area contributed by atoms with Gasteiger partial charge in [0.1, 0.15) is 0 Å². The maximum absolute atomic E-state index is 12.2. The van der Waals surface area contributed by atoms with Crippen LogP contribution in [-0.2, 0) is 16.6 Å². The number of hydrogen-bond donors (Lipinski definition) is 1. The summed E-state index contributed by atoms with van der Waals surface area (Å²) in [6, 6.07) is 8.59. The van der Waals surface area contributed by atoms with Crippen molar-refractivity contribution in [2.45, 2.75) is 45.4 Å². The lowest BCUT2D eigenvalue weighted by Gasteiger charge is -2.19. The van der Waals surface area contributed by atoms with Crippen molar-refractivity contribution in [1.82, 2.24) is 4.90 Å². The van der Waals surface area contributed by atoms with Crippen molar-refractivity contribution in [3.63, 3.8) is 0 Å². The molecule has 0 saturated carbocycles. The van der Waals surface area contributed by atoms with Gasteiger partial charge in [0.25, 0.3) is 0 Å². The van der Waals surface area contributed by atoms with Crippen LogP contribution in [0.5, 0.6) is 0 Å². The number of carbonyl (C=O) groups excluding carboxylic acids is 1. The molecule has 1 aromatic carbocycles. The van der Waals surface area contributed by atoms with Gasteiger partial charge < -0.3 is 10.0 Å². The molecule has 3 heteroatoms. The molecule has 1 amide bonds. The minimum atomic E-state index is 0.170. The SMILES string of the molecule is CC(C)(C)c1ccc(CCC(=O)N2CCC(CO)C2)cc1. The minimum absolute atomic E-state index is 0.170. The molecule has 1 heterocycles. The molecule has 2 rings (SSSR count). The molecule has 0 bridgehead atoms. The first-order chi connectivity index (χ1) is 9.90. The standard InChI is InChI=1S/C18H27NO2/c1-18(2,3)16-7-4-14(5-8-16)6-9-17(21)19-11-10-15(12-19)13-20/h4-5,7-8,15,20H,6,9-13H2,1-3H3. The van der Waals surface area contributed by atoms with Crippen molar-refractivity contribution in [3.8, 4) is 0 Å². The molecule has 0 spiro atoms. The zero-order valence-electron chi connectivity index (χ0n) is 13.4. The fourth-order valence-electron chi connectivity index (χ4n) is 2.79. The molecule has 1 aliphatic heterocycles. The lowest BCUT2D eigenvalue weighted by atomic mass is 9.86. The Balaban J connectivity index is 1.84. The number of rotatable bonds is 4. The Morgan fingerprint density at radius 2 is 1.95 bits per heavy atom. The lowest BCUT2D eigenvalue weighted by molar-refractivity contribution is -0.130. The summed E-state index contributed by atoms with van der Waals surface area (Å²) in [5, 5.41) is 9.13. The average Bonchev–Trinajstić information content (AvgIpc) is 2.93. The van der Waals surface area contributed by atoms with E-state index in [1.165, 1.54) is 11.1 Å². The van der Waals surface area contributed by atoms with Gasteiger partial charge in [-0.25, -0.2) is 0 Å². The zero-order chi connectivity index (χ0) is 15.5. The highest BCUT2D eigenvalue weighted by Crippen LogP contribution is 2.23. The third-order valence-corrected chi connectivity index (χ3v) is 4.34. The Labute approximate surface area is 128 Å². The zero-order valence-corrected chi connectivity index (χ0v) is 13.4. The van der Waals surface area contributed by atoms with Gasteiger partial charge in [-0.3, -0.25) is 4.79 Å². The van der Waals surface area contributed by atoms with Gasteiger partial charge in [-0.15, -0.1) is 0 Å². The van der Waals surface area contributed by atoms with Gasteiger partial charge in [0.05, 0.1) is 0 Å². The summed E-state index contributed by atoms with van der Waals surface area (Å²) in [5.41, 5.74) is 2.71. The van der Waals surface area contributed by atoms with Crippen LogP contribution in [0.3, 0.4) is 0 Å². The van der Waals surface area contributed by atoms with E-state index in [4.69, 9.17) is 5.11 Å². The summed E-state index contributed by atoms with van der Waals surface area (Å²) in [6.45, 7) is 8.33. The molecule has 1 aliphatic rings.